The molecule has 0 aromatic carbocycles. The van der Waals surface area contributed by atoms with E-state index in [4.69, 9.17) is 0 Å². The third-order valence-corrected chi connectivity index (χ3v) is 3.00. The highest BCUT2D eigenvalue weighted by Crippen LogP contribution is 2.15. The van der Waals surface area contributed by atoms with E-state index in [9.17, 15) is 9.59 Å². The number of aryl methyl sites for hydroxylation is 1. The van der Waals surface area contributed by atoms with Gasteiger partial charge in [-0.25, -0.2) is 0 Å². The molecule has 1 aromatic heterocycles. The summed E-state index contributed by atoms with van der Waals surface area (Å²) in [6.07, 6.45) is 2.17. The summed E-state index contributed by atoms with van der Waals surface area (Å²) in [6, 6.07) is 1.88. The van der Waals surface area contributed by atoms with Crippen LogP contribution in [0.4, 0.5) is 0 Å². The van der Waals surface area contributed by atoms with Crippen molar-refractivity contribution in [3.05, 3.63) is 18.0 Å². The first-order chi connectivity index (χ1) is 8.38. The second-order valence-corrected chi connectivity index (χ2v) is 5.13. The van der Waals surface area contributed by atoms with Crippen LogP contribution in [0.1, 0.15) is 26.0 Å². The zero-order chi connectivity index (χ0) is 13.3. The fraction of sp³-hybridized carbons (Fsp3) is 0.583. The Morgan fingerprint density at radius 1 is 1.44 bits per heavy atom. The molecule has 2 rings (SSSR count). The number of nitrogens with one attached hydrogen (secondary N) is 1. The molecule has 6 heteroatoms. The second-order valence-electron chi connectivity index (χ2n) is 5.13. The standard InChI is InChI=1S/C12H18N4O2/c1-12(2)11(18)16(7-5-10(17)13-12)8-9-4-6-15(3)14-9/h4,6H,5,7-8H2,1-3H3,(H,13,17). The zero-order valence-corrected chi connectivity index (χ0v) is 10.9. The van der Waals surface area contributed by atoms with Crippen LogP contribution in [-0.4, -0.2) is 38.6 Å². The lowest BCUT2D eigenvalue weighted by Gasteiger charge is -2.28. The van der Waals surface area contributed by atoms with Gasteiger partial charge in [0.25, 0.3) is 0 Å². The van der Waals surface area contributed by atoms with Crippen LogP contribution in [0.25, 0.3) is 0 Å². The van der Waals surface area contributed by atoms with Gasteiger partial charge in [0.2, 0.25) is 11.8 Å². The number of rotatable bonds is 2. The second kappa shape index (κ2) is 4.44. The molecule has 0 radical (unpaired) electrons. The number of hydrogen-bond donors (Lipinski definition) is 1. The maximum Gasteiger partial charge on any atom is 0.248 e. The fourth-order valence-corrected chi connectivity index (χ4v) is 2.09. The molecule has 18 heavy (non-hydrogen) atoms. The maximum atomic E-state index is 12.3. The van der Waals surface area contributed by atoms with Crippen LogP contribution in [0.2, 0.25) is 0 Å². The molecule has 0 unspecified atom stereocenters. The van der Waals surface area contributed by atoms with Crippen molar-refractivity contribution in [2.45, 2.75) is 32.4 Å². The van der Waals surface area contributed by atoms with Crippen LogP contribution in [-0.2, 0) is 23.2 Å². The van der Waals surface area contributed by atoms with E-state index in [1.54, 1.807) is 23.4 Å². The molecule has 2 amide bonds. The fourth-order valence-electron chi connectivity index (χ4n) is 2.09. The minimum Gasteiger partial charge on any atom is -0.342 e. The van der Waals surface area contributed by atoms with Gasteiger partial charge in [0.1, 0.15) is 5.54 Å². The van der Waals surface area contributed by atoms with E-state index in [-0.39, 0.29) is 11.8 Å². The molecule has 0 bridgehead atoms. The van der Waals surface area contributed by atoms with Crippen molar-refractivity contribution in [1.82, 2.24) is 20.0 Å². The molecule has 0 saturated carbocycles. The molecule has 1 saturated heterocycles. The van der Waals surface area contributed by atoms with E-state index in [1.807, 2.05) is 19.3 Å². The van der Waals surface area contributed by atoms with Gasteiger partial charge in [0, 0.05) is 26.2 Å². The average Bonchev–Trinajstić information content (AvgIpc) is 2.64. The Morgan fingerprint density at radius 3 is 2.78 bits per heavy atom. The van der Waals surface area contributed by atoms with Crippen molar-refractivity contribution in [1.29, 1.82) is 0 Å². The quantitative estimate of drug-likeness (QED) is 0.806. The summed E-state index contributed by atoms with van der Waals surface area (Å²) in [5.74, 6) is -0.157. The Bertz CT molecular complexity index is 478. The molecule has 1 N–H and O–H groups in total. The highest BCUT2D eigenvalue weighted by Gasteiger charge is 2.36. The first kappa shape index (κ1) is 12.6. The number of hydrogen-bond acceptors (Lipinski definition) is 3. The molecule has 98 valence electrons. The Labute approximate surface area is 106 Å². The van der Waals surface area contributed by atoms with Gasteiger partial charge >= 0.3 is 0 Å². The van der Waals surface area contributed by atoms with E-state index in [1.165, 1.54) is 0 Å². The monoisotopic (exact) mass is 250 g/mol. The maximum absolute atomic E-state index is 12.3. The molecule has 1 aliphatic heterocycles. The molecule has 0 aliphatic carbocycles. The predicted molar refractivity (Wildman–Crippen MR) is 65.5 cm³/mol. The van der Waals surface area contributed by atoms with Gasteiger partial charge in [-0.05, 0) is 19.9 Å². The lowest BCUT2D eigenvalue weighted by atomic mass is 10.0. The predicted octanol–water partition coefficient (Wildman–Crippen LogP) is 0.0472. The van der Waals surface area contributed by atoms with Gasteiger partial charge in [-0.2, -0.15) is 5.10 Å². The molecule has 1 aromatic rings. The summed E-state index contributed by atoms with van der Waals surface area (Å²) in [4.78, 5) is 25.5. The van der Waals surface area contributed by atoms with Crippen LogP contribution in [0, 0.1) is 0 Å². The summed E-state index contributed by atoms with van der Waals surface area (Å²) >= 11 is 0. The SMILES string of the molecule is Cn1ccc(CN2CCC(=O)NC(C)(C)C2=O)n1. The van der Waals surface area contributed by atoms with Crippen molar-refractivity contribution in [3.63, 3.8) is 0 Å². The van der Waals surface area contributed by atoms with Crippen LogP contribution >= 0.6 is 0 Å². The van der Waals surface area contributed by atoms with Gasteiger partial charge in [0.05, 0.1) is 12.2 Å². The van der Waals surface area contributed by atoms with Gasteiger partial charge in [-0.3, -0.25) is 14.3 Å². The molecule has 1 aliphatic rings. The first-order valence-corrected chi connectivity index (χ1v) is 5.97. The number of nitrogens with zero attached hydrogens (tertiary/aromatic N) is 3. The number of aromatic nitrogens is 2. The lowest BCUT2D eigenvalue weighted by molar-refractivity contribution is -0.137. The normalized spacial score (nSPS) is 19.6. The summed E-state index contributed by atoms with van der Waals surface area (Å²) in [5, 5.41) is 6.99. The zero-order valence-electron chi connectivity index (χ0n) is 10.9. The van der Waals surface area contributed by atoms with Gasteiger partial charge in [-0.1, -0.05) is 0 Å². The largest absolute Gasteiger partial charge is 0.342 e. The first-order valence-electron chi connectivity index (χ1n) is 5.97. The van der Waals surface area contributed by atoms with Crippen molar-refractivity contribution in [3.8, 4) is 0 Å². The van der Waals surface area contributed by atoms with Crippen LogP contribution in [0.5, 0.6) is 0 Å². The minimum atomic E-state index is -0.845. The van der Waals surface area contributed by atoms with Gasteiger partial charge in [-0.15, -0.1) is 0 Å². The van der Waals surface area contributed by atoms with Crippen molar-refractivity contribution in [2.24, 2.45) is 7.05 Å². The lowest BCUT2D eigenvalue weighted by Crippen LogP contribution is -2.52. The van der Waals surface area contributed by atoms with E-state index in [0.29, 0.717) is 19.5 Å². The molecule has 2 heterocycles. The molecular formula is C12H18N4O2. The van der Waals surface area contributed by atoms with E-state index >= 15 is 0 Å². The molecule has 0 spiro atoms. The molecule has 1 fully saturated rings. The average molecular weight is 250 g/mol. The van der Waals surface area contributed by atoms with Gasteiger partial charge in [0.15, 0.2) is 0 Å². The van der Waals surface area contributed by atoms with Crippen LogP contribution < -0.4 is 5.32 Å². The highest BCUT2D eigenvalue weighted by molar-refractivity contribution is 5.92. The molecular weight excluding hydrogens is 232 g/mol. The topological polar surface area (TPSA) is 67.2 Å². The van der Waals surface area contributed by atoms with Crippen molar-refractivity contribution >= 4 is 11.8 Å². The number of carbonyl (C=O) groups is 2. The van der Waals surface area contributed by atoms with Crippen LogP contribution in [0.3, 0.4) is 0 Å². The summed E-state index contributed by atoms with van der Waals surface area (Å²) in [7, 11) is 1.84. The Kier molecular flexibility index (Phi) is 3.11. The Balaban J connectivity index is 2.16. The summed E-state index contributed by atoms with van der Waals surface area (Å²) in [5.41, 5.74) is -0.0152. The Morgan fingerprint density at radius 2 is 2.17 bits per heavy atom. The minimum absolute atomic E-state index is 0.0704. The number of amides is 2. The summed E-state index contributed by atoms with van der Waals surface area (Å²) in [6.45, 7) is 4.33. The molecule has 0 atom stereocenters. The smallest absolute Gasteiger partial charge is 0.248 e. The third kappa shape index (κ3) is 2.52. The van der Waals surface area contributed by atoms with E-state index in [0.717, 1.165) is 5.69 Å². The van der Waals surface area contributed by atoms with Gasteiger partial charge < -0.3 is 10.2 Å². The van der Waals surface area contributed by atoms with Crippen molar-refractivity contribution < 1.29 is 9.59 Å². The van der Waals surface area contributed by atoms with E-state index in [2.05, 4.69) is 10.4 Å². The highest BCUT2D eigenvalue weighted by atomic mass is 16.2. The Hall–Kier alpha value is -1.85. The molecule has 6 nitrogen and oxygen atoms in total. The number of carbonyl (C=O) groups excluding carboxylic acids is 2. The van der Waals surface area contributed by atoms with Crippen molar-refractivity contribution in [2.75, 3.05) is 6.54 Å². The van der Waals surface area contributed by atoms with E-state index < -0.39 is 5.54 Å². The van der Waals surface area contributed by atoms with Crippen LogP contribution in [0.15, 0.2) is 12.3 Å². The summed E-state index contributed by atoms with van der Waals surface area (Å²) < 4.78 is 1.70. The third-order valence-electron chi connectivity index (χ3n) is 3.00.